The zero-order chi connectivity index (χ0) is 13.5. The summed E-state index contributed by atoms with van der Waals surface area (Å²) in [6, 6.07) is 7.27. The summed E-state index contributed by atoms with van der Waals surface area (Å²) in [6.07, 6.45) is -0.341. The second kappa shape index (κ2) is 7.13. The van der Waals surface area contributed by atoms with Crippen molar-refractivity contribution in [1.82, 2.24) is 5.32 Å². The standard InChI is InChI=1S/C14H21NO3/c1-10(2)18-9-12-4-6-13(7-5-12)14(17)15-8-11(3)16/h4-7,10-11,16H,8-9H2,1-3H3,(H,15,17). The van der Waals surface area contributed by atoms with Crippen molar-refractivity contribution >= 4 is 5.91 Å². The van der Waals surface area contributed by atoms with Crippen LogP contribution in [0.1, 0.15) is 36.7 Å². The first kappa shape index (κ1) is 14.7. The van der Waals surface area contributed by atoms with Gasteiger partial charge in [-0.25, -0.2) is 0 Å². The van der Waals surface area contributed by atoms with Crippen LogP contribution >= 0.6 is 0 Å². The highest BCUT2D eigenvalue weighted by molar-refractivity contribution is 5.94. The van der Waals surface area contributed by atoms with Crippen molar-refractivity contribution in [2.75, 3.05) is 6.54 Å². The fraction of sp³-hybridized carbons (Fsp3) is 0.500. The fourth-order valence-electron chi connectivity index (χ4n) is 1.36. The molecule has 1 rings (SSSR count). The van der Waals surface area contributed by atoms with Crippen molar-refractivity contribution in [2.24, 2.45) is 0 Å². The first-order valence-corrected chi connectivity index (χ1v) is 6.16. The van der Waals surface area contributed by atoms with Gasteiger partial charge in [0.2, 0.25) is 0 Å². The molecule has 1 aromatic carbocycles. The molecular formula is C14H21NO3. The number of carbonyl (C=O) groups is 1. The van der Waals surface area contributed by atoms with Gasteiger partial charge < -0.3 is 15.2 Å². The molecule has 0 aliphatic heterocycles. The molecule has 0 aliphatic carbocycles. The molecule has 1 amide bonds. The van der Waals surface area contributed by atoms with Crippen LogP contribution in [0.3, 0.4) is 0 Å². The number of aliphatic hydroxyl groups excluding tert-OH is 1. The molecule has 0 heterocycles. The number of rotatable bonds is 6. The molecule has 0 saturated heterocycles. The van der Waals surface area contributed by atoms with E-state index in [0.717, 1.165) is 5.56 Å². The minimum atomic E-state index is -0.535. The maximum atomic E-state index is 11.7. The summed E-state index contributed by atoms with van der Waals surface area (Å²) in [4.78, 5) is 11.7. The fourth-order valence-corrected chi connectivity index (χ4v) is 1.36. The van der Waals surface area contributed by atoms with Gasteiger partial charge >= 0.3 is 0 Å². The average molecular weight is 251 g/mol. The molecule has 0 aromatic heterocycles. The third-order valence-electron chi connectivity index (χ3n) is 2.36. The number of ether oxygens (including phenoxy) is 1. The Morgan fingerprint density at radius 2 is 1.89 bits per heavy atom. The van der Waals surface area contributed by atoms with Crippen LogP contribution in [0.2, 0.25) is 0 Å². The Morgan fingerprint density at radius 3 is 2.39 bits per heavy atom. The second-order valence-corrected chi connectivity index (χ2v) is 4.62. The average Bonchev–Trinajstić information content (AvgIpc) is 2.34. The Morgan fingerprint density at radius 1 is 1.28 bits per heavy atom. The molecule has 0 radical (unpaired) electrons. The van der Waals surface area contributed by atoms with E-state index in [2.05, 4.69) is 5.32 Å². The van der Waals surface area contributed by atoms with Gasteiger partial charge in [0.1, 0.15) is 0 Å². The maximum Gasteiger partial charge on any atom is 0.251 e. The molecule has 0 spiro atoms. The van der Waals surface area contributed by atoms with Crippen LogP contribution in [0.25, 0.3) is 0 Å². The molecule has 18 heavy (non-hydrogen) atoms. The minimum Gasteiger partial charge on any atom is -0.392 e. The lowest BCUT2D eigenvalue weighted by Gasteiger charge is -2.09. The summed E-state index contributed by atoms with van der Waals surface area (Å²) in [6.45, 7) is 6.41. The van der Waals surface area contributed by atoms with E-state index in [9.17, 15) is 4.79 Å². The maximum absolute atomic E-state index is 11.7. The van der Waals surface area contributed by atoms with E-state index < -0.39 is 6.10 Å². The molecule has 4 nitrogen and oxygen atoms in total. The van der Waals surface area contributed by atoms with Crippen LogP contribution in [0, 0.1) is 0 Å². The van der Waals surface area contributed by atoms with Crippen molar-refractivity contribution < 1.29 is 14.6 Å². The lowest BCUT2D eigenvalue weighted by Crippen LogP contribution is -2.30. The van der Waals surface area contributed by atoms with E-state index in [-0.39, 0.29) is 18.6 Å². The van der Waals surface area contributed by atoms with Gasteiger partial charge in [0.25, 0.3) is 5.91 Å². The second-order valence-electron chi connectivity index (χ2n) is 4.62. The van der Waals surface area contributed by atoms with E-state index in [0.29, 0.717) is 12.2 Å². The summed E-state index contributed by atoms with van der Waals surface area (Å²) in [5.41, 5.74) is 1.62. The van der Waals surface area contributed by atoms with Crippen LogP contribution in [0.4, 0.5) is 0 Å². The van der Waals surface area contributed by atoms with Crippen LogP contribution in [0.15, 0.2) is 24.3 Å². The minimum absolute atomic E-state index is 0.174. The number of aliphatic hydroxyl groups is 1. The monoisotopic (exact) mass is 251 g/mol. The van der Waals surface area contributed by atoms with Crippen LogP contribution < -0.4 is 5.32 Å². The third-order valence-corrected chi connectivity index (χ3v) is 2.36. The molecule has 4 heteroatoms. The van der Waals surface area contributed by atoms with Crippen LogP contribution in [-0.2, 0) is 11.3 Å². The predicted molar refractivity (Wildman–Crippen MR) is 70.4 cm³/mol. The molecule has 2 N–H and O–H groups in total. The largest absolute Gasteiger partial charge is 0.392 e. The Bertz CT molecular complexity index is 371. The third kappa shape index (κ3) is 5.29. The number of benzene rings is 1. The van der Waals surface area contributed by atoms with Gasteiger partial charge in [0, 0.05) is 12.1 Å². The first-order valence-electron chi connectivity index (χ1n) is 6.16. The molecule has 0 fully saturated rings. The highest BCUT2D eigenvalue weighted by Crippen LogP contribution is 2.07. The summed E-state index contributed by atoms with van der Waals surface area (Å²) in [5, 5.41) is 11.7. The number of carbonyl (C=O) groups excluding carboxylic acids is 1. The Balaban J connectivity index is 2.51. The molecule has 1 atom stereocenters. The van der Waals surface area contributed by atoms with E-state index in [1.807, 2.05) is 26.0 Å². The van der Waals surface area contributed by atoms with E-state index >= 15 is 0 Å². The first-order chi connectivity index (χ1) is 8.49. The summed E-state index contributed by atoms with van der Waals surface area (Å²) in [5.74, 6) is -0.174. The molecule has 0 saturated carbocycles. The van der Waals surface area contributed by atoms with Crippen molar-refractivity contribution in [2.45, 2.75) is 39.6 Å². The van der Waals surface area contributed by atoms with Gasteiger partial charge in [-0.1, -0.05) is 12.1 Å². The zero-order valence-corrected chi connectivity index (χ0v) is 11.1. The molecule has 100 valence electrons. The number of amides is 1. The Hall–Kier alpha value is -1.39. The lowest BCUT2D eigenvalue weighted by atomic mass is 10.1. The van der Waals surface area contributed by atoms with E-state index in [1.165, 1.54) is 0 Å². The molecule has 0 bridgehead atoms. The van der Waals surface area contributed by atoms with Gasteiger partial charge in [-0.2, -0.15) is 0 Å². The van der Waals surface area contributed by atoms with E-state index in [4.69, 9.17) is 9.84 Å². The zero-order valence-electron chi connectivity index (χ0n) is 11.1. The van der Waals surface area contributed by atoms with Gasteiger partial charge in [-0.3, -0.25) is 4.79 Å². The van der Waals surface area contributed by atoms with Crippen molar-refractivity contribution in [3.63, 3.8) is 0 Å². The smallest absolute Gasteiger partial charge is 0.251 e. The van der Waals surface area contributed by atoms with Gasteiger partial charge in [0.05, 0.1) is 18.8 Å². The predicted octanol–water partition coefficient (Wildman–Crippen LogP) is 1.72. The number of hydrogen-bond acceptors (Lipinski definition) is 3. The van der Waals surface area contributed by atoms with Crippen LogP contribution in [-0.4, -0.2) is 29.8 Å². The lowest BCUT2D eigenvalue weighted by molar-refractivity contribution is 0.0656. The Kier molecular flexibility index (Phi) is 5.82. The highest BCUT2D eigenvalue weighted by atomic mass is 16.5. The number of nitrogens with one attached hydrogen (secondary N) is 1. The quantitative estimate of drug-likeness (QED) is 0.809. The normalized spacial score (nSPS) is 12.5. The molecule has 0 aliphatic rings. The summed E-state index contributed by atoms with van der Waals surface area (Å²) in [7, 11) is 0. The van der Waals surface area contributed by atoms with Crippen molar-refractivity contribution in [1.29, 1.82) is 0 Å². The van der Waals surface area contributed by atoms with E-state index in [1.54, 1.807) is 19.1 Å². The Labute approximate surface area is 108 Å². The topological polar surface area (TPSA) is 58.6 Å². The summed E-state index contributed by atoms with van der Waals surface area (Å²) >= 11 is 0. The highest BCUT2D eigenvalue weighted by Gasteiger charge is 2.06. The molecule has 1 unspecified atom stereocenters. The molecular weight excluding hydrogens is 230 g/mol. The SMILES string of the molecule is CC(O)CNC(=O)c1ccc(COC(C)C)cc1. The van der Waals surface area contributed by atoms with Crippen LogP contribution in [0.5, 0.6) is 0 Å². The number of hydrogen-bond donors (Lipinski definition) is 2. The summed E-state index contributed by atoms with van der Waals surface area (Å²) < 4.78 is 5.47. The van der Waals surface area contributed by atoms with Crippen molar-refractivity contribution in [3.8, 4) is 0 Å². The van der Waals surface area contributed by atoms with Crippen molar-refractivity contribution in [3.05, 3.63) is 35.4 Å². The molecule has 1 aromatic rings. The van der Waals surface area contributed by atoms with Gasteiger partial charge in [-0.15, -0.1) is 0 Å². The van der Waals surface area contributed by atoms with Gasteiger partial charge in [-0.05, 0) is 38.5 Å². The van der Waals surface area contributed by atoms with Gasteiger partial charge in [0.15, 0.2) is 0 Å².